The van der Waals surface area contributed by atoms with E-state index in [0.717, 1.165) is 32.6 Å². The van der Waals surface area contributed by atoms with Crippen molar-refractivity contribution in [1.29, 1.82) is 0 Å². The van der Waals surface area contributed by atoms with Crippen LogP contribution in [0.25, 0.3) is 10.2 Å². The average molecular weight is 418 g/mol. The fourth-order valence-corrected chi connectivity index (χ4v) is 5.21. The van der Waals surface area contributed by atoms with Crippen molar-refractivity contribution in [3.8, 4) is 0 Å². The predicted octanol–water partition coefficient (Wildman–Crippen LogP) is 3.30. The minimum absolute atomic E-state index is 0.126. The summed E-state index contributed by atoms with van der Waals surface area (Å²) in [7, 11) is 0. The van der Waals surface area contributed by atoms with Crippen LogP contribution in [-0.4, -0.2) is 16.7 Å². The molecule has 1 aliphatic heterocycles. The van der Waals surface area contributed by atoms with E-state index in [1.165, 1.54) is 5.56 Å². The van der Waals surface area contributed by atoms with E-state index in [2.05, 4.69) is 77.8 Å². The van der Waals surface area contributed by atoms with Crippen molar-refractivity contribution in [3.63, 3.8) is 0 Å². The van der Waals surface area contributed by atoms with Crippen molar-refractivity contribution < 1.29 is 9.79 Å². The van der Waals surface area contributed by atoms with E-state index < -0.39 is 0 Å². The highest BCUT2D eigenvalue weighted by atomic mass is 32.1. The third kappa shape index (κ3) is 3.52. The Bertz CT molecular complexity index is 1160. The van der Waals surface area contributed by atoms with Gasteiger partial charge in [0.1, 0.15) is 17.7 Å². The Labute approximate surface area is 179 Å². The van der Waals surface area contributed by atoms with Crippen LogP contribution in [0.15, 0.2) is 60.3 Å². The number of allylic oxidation sites excluding steroid dienone is 1. The smallest absolute Gasteiger partial charge is 0.299 e. The molecule has 1 aromatic heterocycles. The first-order valence-electron chi connectivity index (χ1n) is 10.2. The molecule has 2 atom stereocenters. The summed E-state index contributed by atoms with van der Waals surface area (Å²) < 4.78 is 1.14. The first kappa shape index (κ1) is 19.0. The summed E-state index contributed by atoms with van der Waals surface area (Å²) in [5, 5.41) is 7.67. The van der Waals surface area contributed by atoms with Crippen LogP contribution < -0.4 is 15.6 Å². The normalized spacial score (nSPS) is 22.7. The summed E-state index contributed by atoms with van der Waals surface area (Å²) >= 11 is 1.61. The lowest BCUT2D eigenvalue weighted by atomic mass is 9.72. The molecule has 0 spiro atoms. The molecule has 5 rings (SSSR count). The highest BCUT2D eigenvalue weighted by Gasteiger charge is 2.45. The maximum absolute atomic E-state index is 13.1. The highest BCUT2D eigenvalue weighted by molar-refractivity contribution is 7.22. The largest absolute Gasteiger partial charge is 0.355 e. The van der Waals surface area contributed by atoms with Crippen LogP contribution in [0.4, 0.5) is 5.13 Å². The fraction of sp³-hybridized carbons (Fsp3) is 0.292. The molecule has 0 unspecified atom stereocenters. The van der Waals surface area contributed by atoms with Gasteiger partial charge in [-0.25, -0.2) is 15.6 Å². The number of carbonyl (C=O) groups excluding carboxylic acids is 1. The first-order chi connectivity index (χ1) is 14.4. The van der Waals surface area contributed by atoms with Gasteiger partial charge in [-0.3, -0.25) is 9.79 Å². The summed E-state index contributed by atoms with van der Waals surface area (Å²) in [4.78, 5) is 21.3. The average Bonchev–Trinajstić information content (AvgIpc) is 3.09. The van der Waals surface area contributed by atoms with Gasteiger partial charge in [-0.05, 0) is 36.1 Å². The zero-order valence-corrected chi connectivity index (χ0v) is 18.1. The highest BCUT2D eigenvalue weighted by Crippen LogP contribution is 2.38. The maximum Gasteiger partial charge on any atom is 0.355 e. The molecule has 6 heteroatoms. The van der Waals surface area contributed by atoms with Crippen LogP contribution in [0.2, 0.25) is 0 Å². The van der Waals surface area contributed by atoms with Gasteiger partial charge in [0, 0.05) is 6.42 Å². The molecule has 0 radical (unpaired) electrons. The zero-order valence-electron chi connectivity index (χ0n) is 17.3. The number of aryl methyl sites for hydroxylation is 1. The minimum Gasteiger partial charge on any atom is -0.299 e. The molecule has 152 valence electrons. The standard InChI is InChI=1S/C24H24N4OS/c1-14-8-10-15(11-9-14)21-20-17(12-24(2,3)13-18(20)29)25-22(27-21)28-23-26-16-6-4-5-7-19(16)30-23/h4-12,20-21H,13H2,1-3H3,(H2,25,26,27,28)/p+1/t20-,21-/m0/s1. The van der Waals surface area contributed by atoms with E-state index in [9.17, 15) is 4.79 Å². The molecule has 3 N–H and O–H groups in total. The van der Waals surface area contributed by atoms with Gasteiger partial charge in [-0.2, -0.15) is 0 Å². The van der Waals surface area contributed by atoms with Crippen LogP contribution in [0.1, 0.15) is 37.4 Å². The number of nitrogens with zero attached hydrogens (tertiary/aromatic N) is 1. The lowest BCUT2D eigenvalue weighted by Crippen LogP contribution is -2.84. The Morgan fingerprint density at radius 3 is 2.70 bits per heavy atom. The van der Waals surface area contributed by atoms with E-state index in [-0.39, 0.29) is 23.2 Å². The number of hydrogen-bond donors (Lipinski definition) is 3. The molecule has 0 amide bonds. The summed E-state index contributed by atoms with van der Waals surface area (Å²) in [6.45, 7) is 6.30. The summed E-state index contributed by atoms with van der Waals surface area (Å²) in [5.41, 5.74) is 4.09. The quantitative estimate of drug-likeness (QED) is 0.599. The lowest BCUT2D eigenvalue weighted by Gasteiger charge is -2.36. The van der Waals surface area contributed by atoms with Gasteiger partial charge in [0.05, 0.1) is 15.9 Å². The predicted molar refractivity (Wildman–Crippen MR) is 121 cm³/mol. The number of hydrogen-bond acceptors (Lipinski definition) is 5. The molecule has 2 aliphatic rings. The number of Topliss-reactive ketones (excluding diaryl/α,β-unsaturated/α-hetero) is 1. The minimum atomic E-state index is -0.221. The number of aromatic nitrogens is 1. The molecular formula is C24H25N4OS+. The van der Waals surface area contributed by atoms with Gasteiger partial charge in [0.2, 0.25) is 0 Å². The number of benzene rings is 2. The molecule has 3 aromatic rings. The second-order valence-corrected chi connectivity index (χ2v) is 9.88. The number of carbonyl (C=O) groups is 1. The molecule has 2 aromatic carbocycles. The molecule has 2 heterocycles. The Kier molecular flexibility index (Phi) is 4.47. The molecule has 1 aliphatic carbocycles. The van der Waals surface area contributed by atoms with E-state index in [1.807, 2.05) is 18.2 Å². The molecule has 0 saturated heterocycles. The Morgan fingerprint density at radius 2 is 1.93 bits per heavy atom. The molecule has 0 fully saturated rings. The van der Waals surface area contributed by atoms with Gasteiger partial charge in [0.25, 0.3) is 5.13 Å². The molecule has 0 bridgehead atoms. The van der Waals surface area contributed by atoms with Crippen molar-refractivity contribution in [1.82, 2.24) is 10.3 Å². The molecular weight excluding hydrogens is 392 g/mol. The summed E-state index contributed by atoms with van der Waals surface area (Å²) in [6.07, 6.45) is 2.76. The van der Waals surface area contributed by atoms with E-state index >= 15 is 0 Å². The van der Waals surface area contributed by atoms with E-state index in [1.54, 1.807) is 11.3 Å². The Balaban J connectivity index is 1.55. The Hall–Kier alpha value is -2.99. The van der Waals surface area contributed by atoms with Gasteiger partial charge in [-0.15, -0.1) is 0 Å². The van der Waals surface area contributed by atoms with Gasteiger partial charge in [-0.1, -0.05) is 67.1 Å². The van der Waals surface area contributed by atoms with Gasteiger partial charge < -0.3 is 0 Å². The third-order valence-corrected chi connectivity index (χ3v) is 6.67. The second-order valence-electron chi connectivity index (χ2n) is 8.85. The van der Waals surface area contributed by atoms with Crippen molar-refractivity contribution >= 4 is 38.4 Å². The third-order valence-electron chi connectivity index (χ3n) is 5.72. The van der Waals surface area contributed by atoms with Crippen LogP contribution in [0, 0.1) is 18.3 Å². The van der Waals surface area contributed by atoms with Crippen LogP contribution in [0.5, 0.6) is 0 Å². The molecule has 0 saturated carbocycles. The maximum atomic E-state index is 13.1. The van der Waals surface area contributed by atoms with Crippen molar-refractivity contribution in [3.05, 3.63) is 71.4 Å². The number of ketones is 1. The monoisotopic (exact) mass is 417 g/mol. The SMILES string of the molecule is Cc1ccc([C@@H]2[NH+]=C(Nc3nc4ccccc4s3)NC3=CC(C)(C)CC(=O)[C@H]32)cc1. The lowest BCUT2D eigenvalue weighted by molar-refractivity contribution is -0.522. The topological polar surface area (TPSA) is 68.0 Å². The number of fused-ring (bicyclic) bond motifs is 2. The van der Waals surface area contributed by atoms with Crippen molar-refractivity contribution in [2.24, 2.45) is 11.3 Å². The number of rotatable bonds is 2. The van der Waals surface area contributed by atoms with E-state index in [0.29, 0.717) is 6.42 Å². The first-order valence-corrected chi connectivity index (χ1v) is 11.0. The number of nitrogens with one attached hydrogen (secondary N) is 3. The number of thiazole rings is 1. The molecule has 5 nitrogen and oxygen atoms in total. The Morgan fingerprint density at radius 1 is 1.17 bits per heavy atom. The number of guanidine groups is 1. The summed E-state index contributed by atoms with van der Waals surface area (Å²) in [5.74, 6) is 0.802. The fourth-order valence-electron chi connectivity index (χ4n) is 4.34. The number of para-hydroxylation sites is 1. The summed E-state index contributed by atoms with van der Waals surface area (Å²) in [6, 6.07) is 16.4. The van der Waals surface area contributed by atoms with E-state index in [4.69, 9.17) is 0 Å². The second kappa shape index (κ2) is 7.06. The number of anilines is 1. The zero-order chi connectivity index (χ0) is 20.9. The van der Waals surface area contributed by atoms with Gasteiger partial charge >= 0.3 is 5.96 Å². The van der Waals surface area contributed by atoms with Crippen LogP contribution >= 0.6 is 11.3 Å². The van der Waals surface area contributed by atoms with Gasteiger partial charge in [0.15, 0.2) is 0 Å². The van der Waals surface area contributed by atoms with Crippen molar-refractivity contribution in [2.45, 2.75) is 33.2 Å². The van der Waals surface area contributed by atoms with Crippen LogP contribution in [0.3, 0.4) is 0 Å². The van der Waals surface area contributed by atoms with Crippen molar-refractivity contribution in [2.75, 3.05) is 5.32 Å². The van der Waals surface area contributed by atoms with Crippen LogP contribution in [-0.2, 0) is 4.79 Å². The molecule has 30 heavy (non-hydrogen) atoms.